The summed E-state index contributed by atoms with van der Waals surface area (Å²) in [7, 11) is 0. The molecule has 0 aliphatic carbocycles. The number of nitrogens with zero attached hydrogens (tertiary/aromatic N) is 1. The number of carbonyl (C=O) groups excluding carboxylic acids is 2. The minimum atomic E-state index is -1.14. The van der Waals surface area contributed by atoms with Crippen LogP contribution < -0.4 is 0 Å². The van der Waals surface area contributed by atoms with Crippen LogP contribution >= 0.6 is 0 Å². The van der Waals surface area contributed by atoms with Gasteiger partial charge in [-0.15, -0.1) is 0 Å². The first kappa shape index (κ1) is 41.0. The van der Waals surface area contributed by atoms with Crippen LogP contribution in [0.1, 0.15) is 149 Å². The lowest BCUT2D eigenvalue weighted by Crippen LogP contribution is -2.47. The highest BCUT2D eigenvalue weighted by atomic mass is 16.4. The number of carbonyl (C=O) groups is 3. The number of carboxylic acid groups (broad SMARTS) is 1. The van der Waals surface area contributed by atoms with Gasteiger partial charge >= 0.3 is 5.97 Å². The summed E-state index contributed by atoms with van der Waals surface area (Å²) >= 11 is 0. The van der Waals surface area contributed by atoms with Crippen molar-refractivity contribution in [1.29, 1.82) is 0 Å². The summed E-state index contributed by atoms with van der Waals surface area (Å²) in [4.78, 5) is 38.3. The van der Waals surface area contributed by atoms with E-state index in [-0.39, 0.29) is 24.7 Å². The zero-order valence-corrected chi connectivity index (χ0v) is 28.3. The summed E-state index contributed by atoms with van der Waals surface area (Å²) in [5.41, 5.74) is 0. The molecule has 0 spiro atoms. The molecule has 0 radical (unpaired) electrons. The molecule has 5 heteroatoms. The number of hydrogen-bond donors (Lipinski definition) is 1. The molecule has 44 heavy (non-hydrogen) atoms. The van der Waals surface area contributed by atoms with Gasteiger partial charge in [-0.2, -0.15) is 0 Å². The summed E-state index contributed by atoms with van der Waals surface area (Å²) < 4.78 is 0. The van der Waals surface area contributed by atoms with Gasteiger partial charge in [-0.3, -0.25) is 14.5 Å². The van der Waals surface area contributed by atoms with Gasteiger partial charge in [-0.1, -0.05) is 125 Å². The van der Waals surface area contributed by atoms with E-state index in [1.165, 1.54) is 6.92 Å². The third-order valence-corrected chi connectivity index (χ3v) is 7.37. The molecule has 0 aliphatic rings. The van der Waals surface area contributed by atoms with Crippen LogP contribution in [0.3, 0.4) is 0 Å². The quantitative estimate of drug-likeness (QED) is 0.0707. The minimum absolute atomic E-state index is 0.224. The summed E-state index contributed by atoms with van der Waals surface area (Å²) in [6.45, 7) is 5.71. The zero-order valence-electron chi connectivity index (χ0n) is 28.3. The molecule has 1 unspecified atom stereocenters. The smallest absolute Gasteiger partial charge is 0.326 e. The van der Waals surface area contributed by atoms with Crippen molar-refractivity contribution in [3.05, 3.63) is 72.9 Å². The molecule has 0 heterocycles. The minimum Gasteiger partial charge on any atom is -0.480 e. The maximum Gasteiger partial charge on any atom is 0.326 e. The van der Waals surface area contributed by atoms with Crippen LogP contribution in [0.15, 0.2) is 72.9 Å². The maximum absolute atomic E-state index is 12.8. The van der Waals surface area contributed by atoms with E-state index in [4.69, 9.17) is 0 Å². The molecule has 0 aromatic rings. The first-order chi connectivity index (χ1) is 21.5. The van der Waals surface area contributed by atoms with Crippen molar-refractivity contribution >= 4 is 17.8 Å². The molecule has 5 nitrogen and oxygen atoms in total. The highest BCUT2D eigenvalue weighted by molar-refractivity contribution is 5.99. The highest BCUT2D eigenvalue weighted by Crippen LogP contribution is 2.15. The van der Waals surface area contributed by atoms with E-state index in [2.05, 4.69) is 86.8 Å². The Balaban J connectivity index is 4.10. The van der Waals surface area contributed by atoms with E-state index in [9.17, 15) is 19.5 Å². The number of carboxylic acids is 1. The lowest BCUT2D eigenvalue weighted by molar-refractivity contribution is -0.157. The van der Waals surface area contributed by atoms with Gasteiger partial charge in [0.15, 0.2) is 0 Å². The number of unbranched alkanes of at least 4 members (excludes halogenated alkanes) is 10. The third kappa shape index (κ3) is 25.5. The number of hydrogen-bond acceptors (Lipinski definition) is 3. The second-order valence-corrected chi connectivity index (χ2v) is 11.4. The van der Waals surface area contributed by atoms with Gasteiger partial charge in [0, 0.05) is 12.8 Å². The van der Waals surface area contributed by atoms with Crippen LogP contribution in [-0.2, 0) is 14.4 Å². The van der Waals surface area contributed by atoms with E-state index in [0.717, 1.165) is 108 Å². The fourth-order valence-corrected chi connectivity index (χ4v) is 4.71. The van der Waals surface area contributed by atoms with Crippen molar-refractivity contribution in [3.8, 4) is 0 Å². The van der Waals surface area contributed by atoms with Crippen LogP contribution in [0.4, 0.5) is 0 Å². The topological polar surface area (TPSA) is 74.7 Å². The van der Waals surface area contributed by atoms with Crippen LogP contribution in [-0.4, -0.2) is 33.8 Å². The Hall–Kier alpha value is -2.95. The number of aliphatic carboxylic acids is 1. The second kappa shape index (κ2) is 31.5. The first-order valence-corrected chi connectivity index (χ1v) is 17.4. The molecule has 0 bridgehead atoms. The van der Waals surface area contributed by atoms with Crippen molar-refractivity contribution in [2.45, 2.75) is 155 Å². The van der Waals surface area contributed by atoms with E-state index in [1.54, 1.807) is 0 Å². The second-order valence-electron chi connectivity index (χ2n) is 11.4. The first-order valence-electron chi connectivity index (χ1n) is 17.4. The SMILES string of the molecule is CC/C=C\C/C=C\C/C=C\CCCCCCCC(=O)N(C(=O)CCCCCCC/C=C\C/C=C\C/C=C\CC)C(C)C(=O)O. The van der Waals surface area contributed by atoms with Gasteiger partial charge in [0.25, 0.3) is 0 Å². The molecule has 1 N–H and O–H groups in total. The van der Waals surface area contributed by atoms with E-state index in [0.29, 0.717) is 12.8 Å². The summed E-state index contributed by atoms with van der Waals surface area (Å²) in [6.07, 6.45) is 44.8. The molecule has 248 valence electrons. The Morgan fingerprint density at radius 3 is 1.18 bits per heavy atom. The summed E-state index contributed by atoms with van der Waals surface area (Å²) in [5, 5.41) is 9.49. The molecular formula is C39H63NO4. The summed E-state index contributed by atoms with van der Waals surface area (Å²) in [6, 6.07) is -1.13. The Morgan fingerprint density at radius 2 is 0.818 bits per heavy atom. The van der Waals surface area contributed by atoms with Gasteiger partial charge in [-0.25, -0.2) is 4.79 Å². The van der Waals surface area contributed by atoms with Gasteiger partial charge in [0.1, 0.15) is 6.04 Å². The molecule has 0 rings (SSSR count). The molecule has 1 atom stereocenters. The Bertz CT molecular complexity index is 845. The molecule has 0 aromatic carbocycles. The van der Waals surface area contributed by atoms with E-state index in [1.807, 2.05) is 0 Å². The fourth-order valence-electron chi connectivity index (χ4n) is 4.71. The lowest BCUT2D eigenvalue weighted by Gasteiger charge is -2.25. The van der Waals surface area contributed by atoms with Crippen LogP contribution in [0.2, 0.25) is 0 Å². The molecule has 0 saturated heterocycles. The molecule has 0 aliphatic heterocycles. The predicted octanol–water partition coefficient (Wildman–Crippen LogP) is 11.0. The average molecular weight is 610 g/mol. The zero-order chi connectivity index (χ0) is 32.5. The molecule has 0 fully saturated rings. The Kier molecular flexibility index (Phi) is 29.4. The van der Waals surface area contributed by atoms with Gasteiger partial charge in [-0.05, 0) is 84.0 Å². The molecule has 0 saturated carbocycles. The highest BCUT2D eigenvalue weighted by Gasteiger charge is 2.30. The summed E-state index contributed by atoms with van der Waals surface area (Å²) in [5.74, 6) is -1.85. The largest absolute Gasteiger partial charge is 0.480 e. The normalized spacial score (nSPS) is 13.1. The predicted molar refractivity (Wildman–Crippen MR) is 187 cm³/mol. The van der Waals surface area contributed by atoms with Gasteiger partial charge in [0.2, 0.25) is 11.8 Å². The third-order valence-electron chi connectivity index (χ3n) is 7.37. The van der Waals surface area contributed by atoms with E-state index >= 15 is 0 Å². The van der Waals surface area contributed by atoms with Crippen LogP contribution in [0.25, 0.3) is 0 Å². The molecular weight excluding hydrogens is 546 g/mol. The maximum atomic E-state index is 12.8. The Labute approximate surface area is 270 Å². The number of rotatable bonds is 28. The van der Waals surface area contributed by atoms with E-state index < -0.39 is 12.0 Å². The monoisotopic (exact) mass is 609 g/mol. The van der Waals surface area contributed by atoms with Crippen LogP contribution in [0.5, 0.6) is 0 Å². The van der Waals surface area contributed by atoms with Crippen molar-refractivity contribution in [1.82, 2.24) is 4.90 Å². The van der Waals surface area contributed by atoms with Gasteiger partial charge < -0.3 is 5.11 Å². The number of imide groups is 1. The fraction of sp³-hybridized carbons (Fsp3) is 0.615. The van der Waals surface area contributed by atoms with Gasteiger partial charge in [0.05, 0.1) is 0 Å². The standard InChI is InChI=1S/C39H63NO4/c1-4-6-8-10-12-14-16-18-20-22-24-26-28-30-32-34-37(41)40(36(3)39(43)44)38(42)35-33-31-29-27-25-23-21-19-17-15-13-11-9-7-5-2/h6-9,12-15,18-21,36H,4-5,10-11,16-17,22-35H2,1-3H3,(H,43,44)/b8-6-,9-7-,14-12-,15-13-,20-18-,21-19-. The average Bonchev–Trinajstić information content (AvgIpc) is 3.01. The molecule has 2 amide bonds. The van der Waals surface area contributed by atoms with Crippen molar-refractivity contribution in [2.75, 3.05) is 0 Å². The number of allylic oxidation sites excluding steroid dienone is 12. The van der Waals surface area contributed by atoms with Crippen molar-refractivity contribution in [3.63, 3.8) is 0 Å². The van der Waals surface area contributed by atoms with Crippen LogP contribution in [0, 0.1) is 0 Å². The van der Waals surface area contributed by atoms with Crippen molar-refractivity contribution in [2.24, 2.45) is 0 Å². The number of amides is 2. The Morgan fingerprint density at radius 1 is 0.500 bits per heavy atom. The van der Waals surface area contributed by atoms with Crippen molar-refractivity contribution < 1.29 is 19.5 Å². The molecule has 0 aromatic heterocycles. The lowest BCUT2D eigenvalue weighted by atomic mass is 10.1.